The number of H-pyrrole nitrogens is 1. The third-order valence-electron chi connectivity index (χ3n) is 4.74. The van der Waals surface area contributed by atoms with E-state index in [1.807, 2.05) is 30.5 Å². The van der Waals surface area contributed by atoms with Crippen LogP contribution in [0.4, 0.5) is 5.69 Å². The summed E-state index contributed by atoms with van der Waals surface area (Å²) in [7, 11) is 0. The highest BCUT2D eigenvalue weighted by Gasteiger charge is 2.24. The molecule has 0 saturated carbocycles. The first-order chi connectivity index (χ1) is 13.7. The zero-order chi connectivity index (χ0) is 19.3. The Morgan fingerprint density at radius 2 is 2.00 bits per heavy atom. The van der Waals surface area contributed by atoms with E-state index in [0.717, 1.165) is 39.9 Å². The quantitative estimate of drug-likeness (QED) is 0.635. The van der Waals surface area contributed by atoms with Crippen LogP contribution >= 0.6 is 15.9 Å². The van der Waals surface area contributed by atoms with Crippen LogP contribution in [-0.2, 0) is 11.3 Å². The lowest BCUT2D eigenvalue weighted by Crippen LogP contribution is -2.38. The molecule has 2 N–H and O–H groups in total. The summed E-state index contributed by atoms with van der Waals surface area (Å²) in [5.41, 5.74) is 4.54. The zero-order valence-electron chi connectivity index (χ0n) is 15.3. The van der Waals surface area contributed by atoms with Gasteiger partial charge in [0, 0.05) is 48.3 Å². The van der Waals surface area contributed by atoms with E-state index in [-0.39, 0.29) is 5.91 Å². The molecule has 4 rings (SSSR count). The summed E-state index contributed by atoms with van der Waals surface area (Å²) in [6.07, 6.45) is 5.38. The number of aromatic amines is 1. The second kappa shape index (κ2) is 8.58. The maximum atomic E-state index is 13.0. The monoisotopic (exact) mass is 440 g/mol. The second-order valence-corrected chi connectivity index (χ2v) is 7.49. The van der Waals surface area contributed by atoms with E-state index in [9.17, 15) is 4.79 Å². The number of pyridine rings is 1. The van der Waals surface area contributed by atoms with Crippen molar-refractivity contribution in [1.82, 2.24) is 15.3 Å². The molecule has 2 aromatic heterocycles. The van der Waals surface area contributed by atoms with Crippen LogP contribution in [0.25, 0.3) is 11.1 Å². The molecule has 3 heterocycles. The third-order valence-corrected chi connectivity index (χ3v) is 5.27. The van der Waals surface area contributed by atoms with Gasteiger partial charge in [0.15, 0.2) is 0 Å². The van der Waals surface area contributed by atoms with E-state index in [4.69, 9.17) is 4.74 Å². The van der Waals surface area contributed by atoms with Crippen LogP contribution in [0, 0.1) is 0 Å². The summed E-state index contributed by atoms with van der Waals surface area (Å²) in [5.74, 6) is -0.131. The summed E-state index contributed by atoms with van der Waals surface area (Å²) in [6.45, 7) is 3.25. The average Bonchev–Trinajstić information content (AvgIpc) is 3.19. The van der Waals surface area contributed by atoms with Crippen molar-refractivity contribution in [3.05, 3.63) is 70.7 Å². The molecule has 1 amide bonds. The van der Waals surface area contributed by atoms with E-state index in [1.54, 1.807) is 12.4 Å². The Morgan fingerprint density at radius 3 is 2.71 bits per heavy atom. The number of carbonyl (C=O) groups excluding carboxylic acids is 1. The first kappa shape index (κ1) is 18.7. The Balaban J connectivity index is 1.64. The van der Waals surface area contributed by atoms with Crippen LogP contribution in [0.5, 0.6) is 0 Å². The highest BCUT2D eigenvalue weighted by Crippen LogP contribution is 2.35. The lowest BCUT2D eigenvalue weighted by atomic mass is 10.1. The molecule has 0 radical (unpaired) electrons. The highest BCUT2D eigenvalue weighted by molar-refractivity contribution is 9.10. The van der Waals surface area contributed by atoms with Crippen molar-refractivity contribution in [2.75, 3.05) is 31.2 Å². The highest BCUT2D eigenvalue weighted by atomic mass is 79.9. The maximum Gasteiger partial charge on any atom is 0.270 e. The standard InChI is InChI=1S/C21H21BrN4O2/c22-17-5-3-16(4-6-17)18-14-24-19(20(18)26-8-10-28-11-9-26)21(27)25-13-15-2-1-7-23-12-15/h1-7,12,14,24H,8-11,13H2,(H,25,27). The fourth-order valence-electron chi connectivity index (χ4n) is 3.33. The minimum absolute atomic E-state index is 0.131. The molecule has 1 aromatic carbocycles. The van der Waals surface area contributed by atoms with Crippen molar-refractivity contribution in [3.63, 3.8) is 0 Å². The van der Waals surface area contributed by atoms with E-state index in [0.29, 0.717) is 25.5 Å². The zero-order valence-corrected chi connectivity index (χ0v) is 16.9. The van der Waals surface area contributed by atoms with Gasteiger partial charge in [-0.3, -0.25) is 9.78 Å². The maximum absolute atomic E-state index is 13.0. The second-order valence-electron chi connectivity index (χ2n) is 6.58. The molecule has 6 nitrogen and oxygen atoms in total. The van der Waals surface area contributed by atoms with E-state index < -0.39 is 0 Å². The number of nitrogens with one attached hydrogen (secondary N) is 2. The van der Waals surface area contributed by atoms with Crippen molar-refractivity contribution >= 4 is 27.5 Å². The third kappa shape index (κ3) is 4.10. The van der Waals surface area contributed by atoms with Crippen LogP contribution in [-0.4, -0.2) is 42.2 Å². The number of benzene rings is 1. The van der Waals surface area contributed by atoms with Crippen molar-refractivity contribution < 1.29 is 9.53 Å². The van der Waals surface area contributed by atoms with Crippen molar-refractivity contribution in [2.45, 2.75) is 6.54 Å². The molecular formula is C21H21BrN4O2. The fourth-order valence-corrected chi connectivity index (χ4v) is 3.59. The topological polar surface area (TPSA) is 70.2 Å². The average molecular weight is 441 g/mol. The number of amides is 1. The predicted octanol–water partition coefficient (Wildman–Crippen LogP) is 3.61. The molecule has 0 bridgehead atoms. The molecular weight excluding hydrogens is 420 g/mol. The number of nitrogens with zero attached hydrogens (tertiary/aromatic N) is 2. The molecule has 1 fully saturated rings. The number of aromatic nitrogens is 2. The van der Waals surface area contributed by atoms with Gasteiger partial charge >= 0.3 is 0 Å². The van der Waals surface area contributed by atoms with Crippen LogP contribution < -0.4 is 10.2 Å². The summed E-state index contributed by atoms with van der Waals surface area (Å²) < 4.78 is 6.52. The van der Waals surface area contributed by atoms with Crippen LogP contribution in [0.3, 0.4) is 0 Å². The molecule has 1 saturated heterocycles. The van der Waals surface area contributed by atoms with E-state index >= 15 is 0 Å². The van der Waals surface area contributed by atoms with E-state index in [2.05, 4.69) is 48.2 Å². The van der Waals surface area contributed by atoms with Crippen molar-refractivity contribution in [2.24, 2.45) is 0 Å². The lowest BCUT2D eigenvalue weighted by Gasteiger charge is -2.30. The number of rotatable bonds is 5. The Bertz CT molecular complexity index is 935. The molecule has 3 aromatic rings. The molecule has 0 aliphatic carbocycles. The van der Waals surface area contributed by atoms with E-state index in [1.165, 1.54) is 0 Å². The number of ether oxygens (including phenoxy) is 1. The molecule has 1 aliphatic rings. The summed E-state index contributed by atoms with van der Waals surface area (Å²) in [4.78, 5) is 22.5. The van der Waals surface area contributed by atoms with Gasteiger partial charge in [-0.05, 0) is 29.3 Å². The lowest BCUT2D eigenvalue weighted by molar-refractivity contribution is 0.0945. The minimum atomic E-state index is -0.131. The van der Waals surface area contributed by atoms with Gasteiger partial charge in [-0.25, -0.2) is 0 Å². The van der Waals surface area contributed by atoms with Gasteiger partial charge in [0.25, 0.3) is 5.91 Å². The number of hydrogen-bond donors (Lipinski definition) is 2. The van der Waals surface area contributed by atoms with Crippen LogP contribution in [0.2, 0.25) is 0 Å². The van der Waals surface area contributed by atoms with Crippen LogP contribution in [0.1, 0.15) is 16.1 Å². The molecule has 1 aliphatic heterocycles. The van der Waals surface area contributed by atoms with Gasteiger partial charge in [0.1, 0.15) is 5.69 Å². The first-order valence-electron chi connectivity index (χ1n) is 9.19. The Labute approximate surface area is 172 Å². The Hall–Kier alpha value is -2.64. The van der Waals surface area contributed by atoms with Gasteiger partial charge in [-0.15, -0.1) is 0 Å². The number of anilines is 1. The predicted molar refractivity (Wildman–Crippen MR) is 112 cm³/mol. The van der Waals surface area contributed by atoms with Gasteiger partial charge < -0.3 is 19.9 Å². The first-order valence-corrected chi connectivity index (χ1v) is 9.99. The number of carbonyl (C=O) groups is 1. The smallest absolute Gasteiger partial charge is 0.270 e. The molecule has 144 valence electrons. The van der Waals surface area contributed by atoms with Gasteiger partial charge in [-0.2, -0.15) is 0 Å². The normalized spacial score (nSPS) is 14.1. The molecule has 0 spiro atoms. The molecule has 0 unspecified atom stereocenters. The van der Waals surface area contributed by atoms with Gasteiger partial charge in [0.05, 0.1) is 18.9 Å². The summed E-state index contributed by atoms with van der Waals surface area (Å²) >= 11 is 3.48. The van der Waals surface area contributed by atoms with Crippen LogP contribution in [0.15, 0.2) is 59.5 Å². The number of morpholine rings is 1. The molecule has 0 atom stereocenters. The van der Waals surface area contributed by atoms with Crippen molar-refractivity contribution in [3.8, 4) is 11.1 Å². The Morgan fingerprint density at radius 1 is 1.21 bits per heavy atom. The Kier molecular flexibility index (Phi) is 5.73. The van der Waals surface area contributed by atoms with Gasteiger partial charge in [0.2, 0.25) is 0 Å². The molecule has 28 heavy (non-hydrogen) atoms. The molecule has 7 heteroatoms. The SMILES string of the molecule is O=C(NCc1cccnc1)c1[nH]cc(-c2ccc(Br)cc2)c1N1CCOCC1. The largest absolute Gasteiger partial charge is 0.378 e. The van der Waals surface area contributed by atoms with Crippen molar-refractivity contribution in [1.29, 1.82) is 0 Å². The summed E-state index contributed by atoms with van der Waals surface area (Å²) in [5, 5.41) is 2.99. The summed E-state index contributed by atoms with van der Waals surface area (Å²) in [6, 6.07) is 11.9. The number of hydrogen-bond acceptors (Lipinski definition) is 4. The fraction of sp³-hybridized carbons (Fsp3) is 0.238. The number of halogens is 1. The minimum Gasteiger partial charge on any atom is -0.378 e. The van der Waals surface area contributed by atoms with Gasteiger partial charge in [-0.1, -0.05) is 34.1 Å².